The van der Waals surface area contributed by atoms with Crippen LogP contribution in [-0.2, 0) is 0 Å². The van der Waals surface area contributed by atoms with Crippen molar-refractivity contribution in [3.05, 3.63) is 54.1 Å². The highest BCUT2D eigenvalue weighted by Gasteiger charge is 2.16. The van der Waals surface area contributed by atoms with Gasteiger partial charge in [-0.25, -0.2) is 0 Å². The van der Waals surface area contributed by atoms with Crippen LogP contribution in [0.5, 0.6) is 17.2 Å². The van der Waals surface area contributed by atoms with Gasteiger partial charge in [-0.3, -0.25) is 0 Å². The summed E-state index contributed by atoms with van der Waals surface area (Å²) in [7, 11) is 0. The highest BCUT2D eigenvalue weighted by Crippen LogP contribution is 2.36. The van der Waals surface area contributed by atoms with E-state index >= 15 is 0 Å². The molecule has 1 aliphatic heterocycles. The van der Waals surface area contributed by atoms with Gasteiger partial charge in [-0.05, 0) is 17.7 Å². The Morgan fingerprint density at radius 2 is 1.84 bits per heavy atom. The minimum atomic E-state index is -0.165. The molecule has 2 aromatic rings. The second-order valence-electron chi connectivity index (χ2n) is 4.27. The first kappa shape index (κ1) is 11.9. The Labute approximate surface area is 111 Å². The van der Waals surface area contributed by atoms with Crippen molar-refractivity contribution in [3.8, 4) is 17.2 Å². The summed E-state index contributed by atoms with van der Waals surface area (Å²) < 4.78 is 16.5. The van der Waals surface area contributed by atoms with Crippen molar-refractivity contribution in [2.24, 2.45) is 5.73 Å². The Balaban J connectivity index is 1.80. The fourth-order valence-electron chi connectivity index (χ4n) is 2.03. The van der Waals surface area contributed by atoms with Crippen molar-refractivity contribution in [3.63, 3.8) is 0 Å². The quantitative estimate of drug-likeness (QED) is 0.914. The van der Waals surface area contributed by atoms with E-state index in [1.807, 2.05) is 48.5 Å². The smallest absolute Gasteiger partial charge is 0.231 e. The van der Waals surface area contributed by atoms with Gasteiger partial charge in [0, 0.05) is 12.6 Å². The topological polar surface area (TPSA) is 53.7 Å². The summed E-state index contributed by atoms with van der Waals surface area (Å²) in [6.07, 6.45) is -0.165. The summed E-state index contributed by atoms with van der Waals surface area (Å²) >= 11 is 0. The van der Waals surface area contributed by atoms with E-state index in [0.717, 1.165) is 17.1 Å². The minimum Gasteiger partial charge on any atom is -0.484 e. The van der Waals surface area contributed by atoms with E-state index in [9.17, 15) is 0 Å². The lowest BCUT2D eigenvalue weighted by molar-refractivity contribution is 0.173. The van der Waals surface area contributed by atoms with Gasteiger partial charge in [-0.2, -0.15) is 0 Å². The summed E-state index contributed by atoms with van der Waals surface area (Å²) in [5.41, 5.74) is 6.84. The number of nitrogens with two attached hydrogens (primary N) is 1. The van der Waals surface area contributed by atoms with Gasteiger partial charge in [-0.1, -0.05) is 30.3 Å². The van der Waals surface area contributed by atoms with Crippen molar-refractivity contribution >= 4 is 0 Å². The largest absolute Gasteiger partial charge is 0.484 e. The molecule has 0 aromatic heterocycles. The van der Waals surface area contributed by atoms with Crippen LogP contribution in [-0.4, -0.2) is 13.3 Å². The van der Waals surface area contributed by atoms with E-state index in [4.69, 9.17) is 19.9 Å². The lowest BCUT2D eigenvalue weighted by Gasteiger charge is -2.18. The summed E-state index contributed by atoms with van der Waals surface area (Å²) in [6.45, 7) is 0.677. The third-order valence-corrected chi connectivity index (χ3v) is 3.01. The minimum absolute atomic E-state index is 0.165. The first-order chi connectivity index (χ1) is 9.36. The fourth-order valence-corrected chi connectivity index (χ4v) is 2.03. The van der Waals surface area contributed by atoms with Crippen molar-refractivity contribution in [1.82, 2.24) is 0 Å². The van der Waals surface area contributed by atoms with Crippen LogP contribution in [0.2, 0.25) is 0 Å². The second-order valence-corrected chi connectivity index (χ2v) is 4.27. The predicted molar refractivity (Wildman–Crippen MR) is 71.4 cm³/mol. The molecule has 98 valence electrons. The molecule has 0 spiro atoms. The van der Waals surface area contributed by atoms with E-state index in [-0.39, 0.29) is 12.9 Å². The molecule has 2 N–H and O–H groups in total. The molecule has 1 aliphatic rings. The van der Waals surface area contributed by atoms with Crippen LogP contribution in [0.25, 0.3) is 0 Å². The number of benzene rings is 2. The highest BCUT2D eigenvalue weighted by atomic mass is 16.7. The molecule has 0 bridgehead atoms. The molecule has 1 unspecified atom stereocenters. The van der Waals surface area contributed by atoms with Crippen LogP contribution in [0, 0.1) is 0 Å². The summed E-state index contributed by atoms with van der Waals surface area (Å²) in [5, 5.41) is 0. The van der Waals surface area contributed by atoms with Gasteiger partial charge in [0.2, 0.25) is 6.79 Å². The van der Waals surface area contributed by atoms with Crippen LogP contribution in [0.1, 0.15) is 11.7 Å². The molecule has 0 amide bonds. The Hall–Kier alpha value is -2.20. The van der Waals surface area contributed by atoms with Gasteiger partial charge in [-0.15, -0.1) is 0 Å². The molecule has 4 nitrogen and oxygen atoms in total. The normalized spacial score (nSPS) is 14.2. The van der Waals surface area contributed by atoms with E-state index in [0.29, 0.717) is 12.3 Å². The van der Waals surface area contributed by atoms with Crippen molar-refractivity contribution < 1.29 is 14.2 Å². The molecule has 0 fully saturated rings. The molecule has 0 saturated carbocycles. The highest BCUT2D eigenvalue weighted by molar-refractivity contribution is 5.47. The molecule has 4 heteroatoms. The molecule has 3 rings (SSSR count). The maximum atomic E-state index is 5.91. The maximum Gasteiger partial charge on any atom is 0.231 e. The molecule has 1 atom stereocenters. The average molecular weight is 257 g/mol. The molecular formula is C15H15NO3. The number of ether oxygens (including phenoxy) is 3. The van der Waals surface area contributed by atoms with E-state index in [2.05, 4.69) is 0 Å². The Bertz CT molecular complexity index is 557. The van der Waals surface area contributed by atoms with E-state index in [1.54, 1.807) is 0 Å². The molecular weight excluding hydrogens is 242 g/mol. The van der Waals surface area contributed by atoms with Gasteiger partial charge < -0.3 is 19.9 Å². The summed E-state index contributed by atoms with van der Waals surface area (Å²) in [6, 6.07) is 15.5. The van der Waals surface area contributed by atoms with Gasteiger partial charge in [0.05, 0.1) is 0 Å². The van der Waals surface area contributed by atoms with E-state index in [1.165, 1.54) is 0 Å². The Morgan fingerprint density at radius 3 is 2.63 bits per heavy atom. The van der Waals surface area contributed by atoms with Gasteiger partial charge in [0.15, 0.2) is 11.5 Å². The second kappa shape index (κ2) is 5.20. The van der Waals surface area contributed by atoms with Crippen LogP contribution >= 0.6 is 0 Å². The van der Waals surface area contributed by atoms with Crippen LogP contribution in [0.15, 0.2) is 48.5 Å². The zero-order valence-electron chi connectivity index (χ0n) is 10.4. The zero-order valence-corrected chi connectivity index (χ0v) is 10.4. The lowest BCUT2D eigenvalue weighted by atomic mass is 10.1. The van der Waals surface area contributed by atoms with Crippen molar-refractivity contribution in [2.75, 3.05) is 13.3 Å². The molecule has 0 radical (unpaired) electrons. The monoisotopic (exact) mass is 257 g/mol. The first-order valence-corrected chi connectivity index (χ1v) is 6.18. The Kier molecular flexibility index (Phi) is 3.25. The van der Waals surface area contributed by atoms with Gasteiger partial charge in [0.1, 0.15) is 11.9 Å². The molecule has 2 aromatic carbocycles. The van der Waals surface area contributed by atoms with Crippen LogP contribution in [0.3, 0.4) is 0 Å². The predicted octanol–water partition coefficient (Wildman–Crippen LogP) is 2.49. The molecule has 0 saturated heterocycles. The summed E-state index contributed by atoms with van der Waals surface area (Å²) in [5.74, 6) is 2.18. The van der Waals surface area contributed by atoms with Crippen molar-refractivity contribution in [1.29, 1.82) is 0 Å². The van der Waals surface area contributed by atoms with Crippen LogP contribution in [0.4, 0.5) is 0 Å². The third-order valence-electron chi connectivity index (χ3n) is 3.01. The van der Waals surface area contributed by atoms with Gasteiger partial charge in [0.25, 0.3) is 0 Å². The molecule has 1 heterocycles. The number of hydrogen-bond donors (Lipinski definition) is 1. The maximum absolute atomic E-state index is 5.91. The number of hydrogen-bond acceptors (Lipinski definition) is 4. The molecule has 19 heavy (non-hydrogen) atoms. The Morgan fingerprint density at radius 1 is 1.05 bits per heavy atom. The standard InChI is InChI=1S/C15H15NO3/c16-9-15(11-4-2-1-3-5-11)19-12-6-7-13-14(8-12)18-10-17-13/h1-8,15H,9-10,16H2. The summed E-state index contributed by atoms with van der Waals surface area (Å²) in [4.78, 5) is 0. The zero-order chi connectivity index (χ0) is 13.1. The third kappa shape index (κ3) is 2.48. The van der Waals surface area contributed by atoms with Crippen molar-refractivity contribution in [2.45, 2.75) is 6.10 Å². The molecule has 0 aliphatic carbocycles. The number of rotatable bonds is 4. The number of fused-ring (bicyclic) bond motifs is 1. The first-order valence-electron chi connectivity index (χ1n) is 6.18. The SMILES string of the molecule is NCC(Oc1ccc2c(c1)OCO2)c1ccccc1. The average Bonchev–Trinajstić information content (AvgIpc) is 2.93. The van der Waals surface area contributed by atoms with Gasteiger partial charge >= 0.3 is 0 Å². The van der Waals surface area contributed by atoms with Crippen LogP contribution < -0.4 is 19.9 Å². The lowest BCUT2D eigenvalue weighted by Crippen LogP contribution is -2.18. The van der Waals surface area contributed by atoms with E-state index < -0.39 is 0 Å². The fraction of sp³-hybridized carbons (Fsp3) is 0.200.